The second kappa shape index (κ2) is 9.23. The predicted molar refractivity (Wildman–Crippen MR) is 80.7 cm³/mol. The lowest BCUT2D eigenvalue weighted by atomic mass is 10.2. The van der Waals surface area contributed by atoms with Gasteiger partial charge in [-0.3, -0.25) is 4.79 Å². The number of halogens is 1. The fourth-order valence-electron chi connectivity index (χ4n) is 1.57. The molecule has 0 radical (unpaired) electrons. The minimum atomic E-state index is -0.440. The molecule has 3 nitrogen and oxygen atoms in total. The number of benzene rings is 1. The quantitative estimate of drug-likeness (QED) is 0.725. The first-order valence-electron chi connectivity index (χ1n) is 6.45. The summed E-state index contributed by atoms with van der Waals surface area (Å²) in [6.45, 7) is 2.34. The highest BCUT2D eigenvalue weighted by molar-refractivity contribution is 7.99. The standard InChI is InChI=1S/C14H20ClNO2S/c1-2-5-11(17)10-16-14(18)8-9-19-13-7-4-3-6-12(13)15/h3-4,6-7,11,17H,2,5,8-10H2,1H3,(H,16,18). The zero-order valence-electron chi connectivity index (χ0n) is 11.1. The van der Waals surface area contributed by atoms with Crippen LogP contribution in [-0.2, 0) is 4.79 Å². The maximum atomic E-state index is 11.6. The van der Waals surface area contributed by atoms with E-state index in [4.69, 9.17) is 11.6 Å². The molecule has 2 N–H and O–H groups in total. The molecule has 0 saturated carbocycles. The molecule has 0 spiro atoms. The third kappa shape index (κ3) is 6.85. The van der Waals surface area contributed by atoms with E-state index in [1.165, 1.54) is 0 Å². The number of hydrogen-bond donors (Lipinski definition) is 2. The zero-order chi connectivity index (χ0) is 14.1. The number of carbonyl (C=O) groups is 1. The molecule has 0 bridgehead atoms. The van der Waals surface area contributed by atoms with Crippen LogP contribution in [0.1, 0.15) is 26.2 Å². The van der Waals surface area contributed by atoms with E-state index >= 15 is 0 Å². The van der Waals surface area contributed by atoms with E-state index in [0.29, 0.717) is 30.2 Å². The van der Waals surface area contributed by atoms with E-state index in [2.05, 4.69) is 5.32 Å². The van der Waals surface area contributed by atoms with Gasteiger partial charge in [0.1, 0.15) is 0 Å². The predicted octanol–water partition coefficient (Wildman–Crippen LogP) is 3.10. The number of carbonyl (C=O) groups excluding carboxylic acids is 1. The monoisotopic (exact) mass is 301 g/mol. The van der Waals surface area contributed by atoms with Crippen LogP contribution in [0, 0.1) is 0 Å². The summed E-state index contributed by atoms with van der Waals surface area (Å²) in [6, 6.07) is 7.59. The van der Waals surface area contributed by atoms with Crippen LogP contribution in [0.15, 0.2) is 29.2 Å². The Morgan fingerprint density at radius 1 is 1.47 bits per heavy atom. The van der Waals surface area contributed by atoms with E-state index in [1.54, 1.807) is 11.8 Å². The first-order valence-corrected chi connectivity index (χ1v) is 7.82. The molecule has 1 amide bonds. The minimum Gasteiger partial charge on any atom is -0.391 e. The highest BCUT2D eigenvalue weighted by Gasteiger charge is 2.07. The number of rotatable bonds is 8. The van der Waals surface area contributed by atoms with Gasteiger partial charge in [0.25, 0.3) is 0 Å². The van der Waals surface area contributed by atoms with Crippen LogP contribution in [0.5, 0.6) is 0 Å². The van der Waals surface area contributed by atoms with Crippen LogP contribution < -0.4 is 5.32 Å². The largest absolute Gasteiger partial charge is 0.391 e. The van der Waals surface area contributed by atoms with Gasteiger partial charge in [-0.05, 0) is 18.6 Å². The topological polar surface area (TPSA) is 49.3 Å². The van der Waals surface area contributed by atoms with E-state index in [9.17, 15) is 9.90 Å². The highest BCUT2D eigenvalue weighted by Crippen LogP contribution is 2.26. The molecule has 0 aliphatic rings. The molecule has 5 heteroatoms. The van der Waals surface area contributed by atoms with Crippen molar-refractivity contribution < 1.29 is 9.90 Å². The molecule has 19 heavy (non-hydrogen) atoms. The Morgan fingerprint density at radius 2 is 2.21 bits per heavy atom. The average Bonchev–Trinajstić information content (AvgIpc) is 2.39. The maximum absolute atomic E-state index is 11.6. The lowest BCUT2D eigenvalue weighted by Gasteiger charge is -2.10. The molecule has 106 valence electrons. The fraction of sp³-hybridized carbons (Fsp3) is 0.500. The van der Waals surface area contributed by atoms with Crippen molar-refractivity contribution in [1.82, 2.24) is 5.32 Å². The molecule has 0 aliphatic heterocycles. The Labute approximate surface area is 123 Å². The molecule has 0 aliphatic carbocycles. The molecule has 0 heterocycles. The van der Waals surface area contributed by atoms with Gasteiger partial charge >= 0.3 is 0 Å². The Balaban J connectivity index is 2.19. The Kier molecular flexibility index (Phi) is 7.94. The number of nitrogens with one attached hydrogen (secondary N) is 1. The van der Waals surface area contributed by atoms with Crippen LogP contribution in [0.3, 0.4) is 0 Å². The van der Waals surface area contributed by atoms with Gasteiger partial charge in [0.15, 0.2) is 0 Å². The number of thioether (sulfide) groups is 1. The first kappa shape index (κ1) is 16.3. The lowest BCUT2D eigenvalue weighted by Crippen LogP contribution is -2.32. The minimum absolute atomic E-state index is 0.0327. The Hall–Kier alpha value is -0.710. The summed E-state index contributed by atoms with van der Waals surface area (Å²) in [4.78, 5) is 12.5. The summed E-state index contributed by atoms with van der Waals surface area (Å²) >= 11 is 7.59. The van der Waals surface area contributed by atoms with E-state index in [0.717, 1.165) is 11.3 Å². The second-order valence-corrected chi connectivity index (χ2v) is 5.82. The molecule has 1 aromatic carbocycles. The van der Waals surface area contributed by atoms with Gasteiger partial charge in [-0.1, -0.05) is 37.1 Å². The van der Waals surface area contributed by atoms with Gasteiger partial charge in [0.2, 0.25) is 5.91 Å². The van der Waals surface area contributed by atoms with Gasteiger partial charge < -0.3 is 10.4 Å². The summed E-state index contributed by atoms with van der Waals surface area (Å²) in [5, 5.41) is 12.9. The molecule has 0 fully saturated rings. The summed E-state index contributed by atoms with van der Waals surface area (Å²) in [5.74, 6) is 0.647. The van der Waals surface area contributed by atoms with Gasteiger partial charge in [-0.15, -0.1) is 11.8 Å². The SMILES string of the molecule is CCCC(O)CNC(=O)CCSc1ccccc1Cl. The van der Waals surface area contributed by atoms with Gasteiger partial charge in [0.05, 0.1) is 11.1 Å². The molecule has 1 unspecified atom stereocenters. The van der Waals surface area contributed by atoms with Crippen LogP contribution in [-0.4, -0.2) is 29.4 Å². The zero-order valence-corrected chi connectivity index (χ0v) is 12.6. The van der Waals surface area contributed by atoms with Gasteiger partial charge in [-0.2, -0.15) is 0 Å². The van der Waals surface area contributed by atoms with Crippen molar-refractivity contribution in [3.05, 3.63) is 29.3 Å². The molecule has 1 aromatic rings. The van der Waals surface area contributed by atoms with E-state index in [-0.39, 0.29) is 5.91 Å². The summed E-state index contributed by atoms with van der Waals surface area (Å²) in [6.07, 6.45) is 1.62. The number of amides is 1. The van der Waals surface area contributed by atoms with Crippen molar-refractivity contribution in [3.63, 3.8) is 0 Å². The van der Waals surface area contributed by atoms with E-state index < -0.39 is 6.10 Å². The number of hydrogen-bond acceptors (Lipinski definition) is 3. The third-order valence-electron chi connectivity index (χ3n) is 2.58. The van der Waals surface area contributed by atoms with Crippen molar-refractivity contribution in [2.24, 2.45) is 0 Å². The van der Waals surface area contributed by atoms with Crippen LogP contribution in [0.4, 0.5) is 0 Å². The van der Waals surface area contributed by atoms with Crippen LogP contribution in [0.2, 0.25) is 5.02 Å². The third-order valence-corrected chi connectivity index (χ3v) is 4.10. The van der Waals surface area contributed by atoms with Gasteiger partial charge in [0, 0.05) is 23.6 Å². The normalized spacial score (nSPS) is 12.2. The van der Waals surface area contributed by atoms with Crippen LogP contribution in [0.25, 0.3) is 0 Å². The van der Waals surface area contributed by atoms with E-state index in [1.807, 2.05) is 31.2 Å². The molecular weight excluding hydrogens is 282 g/mol. The van der Waals surface area contributed by atoms with Crippen molar-refractivity contribution >= 4 is 29.3 Å². The molecule has 1 rings (SSSR count). The first-order chi connectivity index (χ1) is 9.13. The lowest BCUT2D eigenvalue weighted by molar-refractivity contribution is -0.121. The average molecular weight is 302 g/mol. The summed E-state index contributed by atoms with van der Waals surface area (Å²) < 4.78 is 0. The molecular formula is C14H20ClNO2S. The van der Waals surface area contributed by atoms with Gasteiger partial charge in [-0.25, -0.2) is 0 Å². The highest BCUT2D eigenvalue weighted by atomic mass is 35.5. The van der Waals surface area contributed by atoms with Crippen molar-refractivity contribution in [2.75, 3.05) is 12.3 Å². The maximum Gasteiger partial charge on any atom is 0.220 e. The van der Waals surface area contributed by atoms with Crippen molar-refractivity contribution in [3.8, 4) is 0 Å². The smallest absolute Gasteiger partial charge is 0.220 e. The van der Waals surface area contributed by atoms with Crippen LogP contribution >= 0.6 is 23.4 Å². The fourth-order valence-corrected chi connectivity index (χ4v) is 2.76. The van der Waals surface area contributed by atoms with Crippen molar-refractivity contribution in [2.45, 2.75) is 37.2 Å². The molecule has 1 atom stereocenters. The summed E-state index contributed by atoms with van der Waals surface area (Å²) in [7, 11) is 0. The summed E-state index contributed by atoms with van der Waals surface area (Å²) in [5.41, 5.74) is 0. The number of aliphatic hydroxyl groups is 1. The molecule has 0 saturated heterocycles. The van der Waals surface area contributed by atoms with Crippen molar-refractivity contribution in [1.29, 1.82) is 0 Å². The number of aliphatic hydroxyl groups excluding tert-OH is 1. The Bertz CT molecular complexity index is 401. The second-order valence-electron chi connectivity index (χ2n) is 4.28. The Morgan fingerprint density at radius 3 is 2.89 bits per heavy atom. The molecule has 0 aromatic heterocycles.